The van der Waals surface area contributed by atoms with Crippen molar-refractivity contribution in [1.29, 1.82) is 0 Å². The lowest BCUT2D eigenvalue weighted by Gasteiger charge is -2.20. The van der Waals surface area contributed by atoms with Crippen LogP contribution in [0, 0.1) is 13.8 Å². The van der Waals surface area contributed by atoms with Gasteiger partial charge in [0.2, 0.25) is 26.0 Å². The summed E-state index contributed by atoms with van der Waals surface area (Å²) in [5, 5.41) is 0. The van der Waals surface area contributed by atoms with Gasteiger partial charge in [-0.05, 0) is 50.5 Å². The van der Waals surface area contributed by atoms with Crippen molar-refractivity contribution < 1.29 is 21.6 Å². The van der Waals surface area contributed by atoms with Crippen LogP contribution in [0.4, 0.5) is 5.69 Å². The molecule has 1 aromatic rings. The van der Waals surface area contributed by atoms with E-state index in [1.807, 2.05) is 6.92 Å². The molecule has 134 valence electrons. The molecule has 1 atom stereocenters. The molecule has 0 saturated carbocycles. The van der Waals surface area contributed by atoms with Crippen molar-refractivity contribution in [3.8, 4) is 0 Å². The lowest BCUT2D eigenvalue weighted by Crippen LogP contribution is -2.33. The molecule has 0 aliphatic carbocycles. The number of rotatable bonds is 5. The number of hydrogen-bond acceptors (Lipinski definition) is 5. The smallest absolute Gasteiger partial charge is 0.242 e. The first-order chi connectivity index (χ1) is 11.0. The van der Waals surface area contributed by atoms with Gasteiger partial charge >= 0.3 is 0 Å². The average Bonchev–Trinajstić information content (AvgIpc) is 2.70. The van der Waals surface area contributed by atoms with E-state index in [4.69, 9.17) is 0 Å². The third-order valence-electron chi connectivity index (χ3n) is 4.00. The number of nitrogens with one attached hydrogen (secondary N) is 1. The molecule has 1 saturated heterocycles. The zero-order valence-electron chi connectivity index (χ0n) is 14.2. The number of carbonyl (C=O) groups is 1. The molecule has 0 aromatic heterocycles. The second kappa shape index (κ2) is 6.45. The minimum atomic E-state index is -3.72. The molecule has 1 aliphatic rings. The number of sulfonamides is 2. The van der Waals surface area contributed by atoms with E-state index in [0.29, 0.717) is 17.5 Å². The third kappa shape index (κ3) is 3.47. The third-order valence-corrected chi connectivity index (χ3v) is 7.58. The minimum absolute atomic E-state index is 0.0595. The van der Waals surface area contributed by atoms with Crippen molar-refractivity contribution in [3.63, 3.8) is 0 Å². The number of aryl methyl sites for hydroxylation is 2. The Bertz CT molecular complexity index is 852. The summed E-state index contributed by atoms with van der Waals surface area (Å²) in [6, 6.07) is 2.65. The van der Waals surface area contributed by atoms with Crippen LogP contribution in [0.2, 0.25) is 0 Å². The maximum absolute atomic E-state index is 12.6. The molecule has 9 heteroatoms. The summed E-state index contributed by atoms with van der Waals surface area (Å²) in [7, 11) is -7.39. The highest BCUT2D eigenvalue weighted by atomic mass is 32.2. The summed E-state index contributed by atoms with van der Waals surface area (Å²) in [5.41, 5.74) is 0.987. The molecule has 1 heterocycles. The Labute approximate surface area is 143 Å². The summed E-state index contributed by atoms with van der Waals surface area (Å²) in [6.07, 6.45) is 0.589. The maximum Gasteiger partial charge on any atom is 0.242 e. The van der Waals surface area contributed by atoms with Gasteiger partial charge in [0.1, 0.15) is 0 Å². The van der Waals surface area contributed by atoms with E-state index in [2.05, 4.69) is 4.72 Å². The Balaban J connectivity index is 2.52. The SMILES string of the molecule is CC[C@H](C)NS(=O)(=O)c1c(C)cc(N2C(=O)CCS2(=O)=O)cc1C. The van der Waals surface area contributed by atoms with E-state index in [1.165, 1.54) is 12.1 Å². The topological polar surface area (TPSA) is 101 Å². The predicted octanol–water partition coefficient (Wildman–Crippen LogP) is 1.45. The second-order valence-electron chi connectivity index (χ2n) is 6.06. The molecular formula is C15H22N2O5S2. The predicted molar refractivity (Wildman–Crippen MR) is 91.9 cm³/mol. The largest absolute Gasteiger partial charge is 0.273 e. The molecule has 0 bridgehead atoms. The Morgan fingerprint density at radius 2 is 1.79 bits per heavy atom. The van der Waals surface area contributed by atoms with Gasteiger partial charge in [0.05, 0.1) is 16.3 Å². The monoisotopic (exact) mass is 374 g/mol. The first-order valence-electron chi connectivity index (χ1n) is 7.69. The Morgan fingerprint density at radius 3 is 2.21 bits per heavy atom. The van der Waals surface area contributed by atoms with Crippen molar-refractivity contribution in [2.45, 2.75) is 51.5 Å². The van der Waals surface area contributed by atoms with E-state index in [9.17, 15) is 21.6 Å². The van der Waals surface area contributed by atoms with Crippen LogP contribution in [0.5, 0.6) is 0 Å². The van der Waals surface area contributed by atoms with Gasteiger partial charge < -0.3 is 0 Å². The highest BCUT2D eigenvalue weighted by Crippen LogP contribution is 2.31. The molecule has 24 heavy (non-hydrogen) atoms. The van der Waals surface area contributed by atoms with E-state index in [0.717, 1.165) is 4.31 Å². The number of hydrogen-bond donors (Lipinski definition) is 1. The van der Waals surface area contributed by atoms with E-state index >= 15 is 0 Å². The normalized spacial score (nSPS) is 18.8. The lowest BCUT2D eigenvalue weighted by molar-refractivity contribution is -0.116. The molecule has 2 rings (SSSR count). The summed E-state index contributed by atoms with van der Waals surface area (Å²) >= 11 is 0. The van der Waals surface area contributed by atoms with Crippen LogP contribution in [0.15, 0.2) is 17.0 Å². The highest BCUT2D eigenvalue weighted by molar-refractivity contribution is 7.94. The second-order valence-corrected chi connectivity index (χ2v) is 9.65. The van der Waals surface area contributed by atoms with Gasteiger partial charge in [-0.1, -0.05) is 6.92 Å². The van der Waals surface area contributed by atoms with Gasteiger partial charge in [0.25, 0.3) is 0 Å². The summed E-state index contributed by atoms with van der Waals surface area (Å²) in [6.45, 7) is 6.83. The van der Waals surface area contributed by atoms with Gasteiger partial charge in [-0.2, -0.15) is 0 Å². The van der Waals surface area contributed by atoms with Crippen molar-refractivity contribution in [2.24, 2.45) is 0 Å². The van der Waals surface area contributed by atoms with Gasteiger partial charge in [0.15, 0.2) is 0 Å². The minimum Gasteiger partial charge on any atom is -0.273 e. The number of benzene rings is 1. The molecule has 1 aromatic carbocycles. The van der Waals surface area contributed by atoms with Gasteiger partial charge in [-0.15, -0.1) is 0 Å². The molecule has 0 radical (unpaired) electrons. The van der Waals surface area contributed by atoms with Gasteiger partial charge in [0, 0.05) is 12.5 Å². The Kier molecular flexibility index (Phi) is 5.08. The average molecular weight is 374 g/mol. The molecule has 1 fully saturated rings. The van der Waals surface area contributed by atoms with Crippen LogP contribution in [-0.2, 0) is 24.8 Å². The number of anilines is 1. The standard InChI is InChI=1S/C15H22N2O5S2/c1-5-12(4)16-24(21,22)15-10(2)8-13(9-11(15)3)17-14(18)6-7-23(17,19)20/h8-9,12,16H,5-7H2,1-4H3/t12-/m0/s1. The van der Waals surface area contributed by atoms with Crippen LogP contribution in [-0.4, -0.2) is 34.5 Å². The quantitative estimate of drug-likeness (QED) is 0.841. The Hall–Kier alpha value is -1.45. The fraction of sp³-hybridized carbons (Fsp3) is 0.533. The molecule has 0 spiro atoms. The zero-order valence-corrected chi connectivity index (χ0v) is 15.8. The fourth-order valence-electron chi connectivity index (χ4n) is 2.74. The van der Waals surface area contributed by atoms with E-state index in [-0.39, 0.29) is 28.8 Å². The summed E-state index contributed by atoms with van der Waals surface area (Å²) in [5.74, 6) is -0.721. The lowest BCUT2D eigenvalue weighted by atomic mass is 10.1. The first-order valence-corrected chi connectivity index (χ1v) is 10.8. The zero-order chi connectivity index (χ0) is 18.3. The number of amides is 1. The van der Waals surface area contributed by atoms with Crippen LogP contribution in [0.3, 0.4) is 0 Å². The van der Waals surface area contributed by atoms with Crippen LogP contribution in [0.25, 0.3) is 0 Å². The Morgan fingerprint density at radius 1 is 1.25 bits per heavy atom. The van der Waals surface area contributed by atoms with E-state index < -0.39 is 26.0 Å². The summed E-state index contributed by atoms with van der Waals surface area (Å²) < 4.78 is 52.5. The first kappa shape index (κ1) is 18.9. The fourth-order valence-corrected chi connectivity index (χ4v) is 5.97. The molecule has 1 amide bonds. The highest BCUT2D eigenvalue weighted by Gasteiger charge is 2.37. The van der Waals surface area contributed by atoms with E-state index in [1.54, 1.807) is 20.8 Å². The van der Waals surface area contributed by atoms with Crippen LogP contribution in [0.1, 0.15) is 37.8 Å². The number of carbonyl (C=O) groups excluding carboxylic acids is 1. The van der Waals surface area contributed by atoms with Crippen LogP contribution < -0.4 is 9.03 Å². The molecule has 1 aliphatic heterocycles. The summed E-state index contributed by atoms with van der Waals surface area (Å²) in [4.78, 5) is 12.0. The van der Waals surface area contributed by atoms with Crippen molar-refractivity contribution in [2.75, 3.05) is 10.1 Å². The molecule has 1 N–H and O–H groups in total. The van der Waals surface area contributed by atoms with Crippen molar-refractivity contribution in [3.05, 3.63) is 23.3 Å². The molecule has 0 unspecified atom stereocenters. The van der Waals surface area contributed by atoms with Crippen molar-refractivity contribution in [1.82, 2.24) is 4.72 Å². The van der Waals surface area contributed by atoms with Crippen molar-refractivity contribution >= 4 is 31.6 Å². The molecule has 7 nitrogen and oxygen atoms in total. The van der Waals surface area contributed by atoms with Crippen LogP contribution >= 0.6 is 0 Å². The number of nitrogens with zero attached hydrogens (tertiary/aromatic N) is 1. The molecular weight excluding hydrogens is 352 g/mol. The maximum atomic E-state index is 12.6. The van der Waals surface area contributed by atoms with Gasteiger partial charge in [-0.25, -0.2) is 25.9 Å². The van der Waals surface area contributed by atoms with Gasteiger partial charge in [-0.3, -0.25) is 4.79 Å².